The Morgan fingerprint density at radius 1 is 1.00 bits per heavy atom. The molecule has 0 aliphatic heterocycles. The second-order valence-electron chi connectivity index (χ2n) is 5.06. The molecular formula is C17H22N2. The van der Waals surface area contributed by atoms with Crippen molar-refractivity contribution in [2.24, 2.45) is 5.73 Å². The van der Waals surface area contributed by atoms with E-state index in [-0.39, 0.29) is 6.04 Å². The molecule has 2 aromatic rings. The zero-order chi connectivity index (χ0) is 13.7. The number of hydrogen-bond acceptors (Lipinski definition) is 2. The molecule has 19 heavy (non-hydrogen) atoms. The van der Waals surface area contributed by atoms with Gasteiger partial charge in [-0.3, -0.25) is 4.90 Å². The van der Waals surface area contributed by atoms with E-state index in [0.29, 0.717) is 6.54 Å². The van der Waals surface area contributed by atoms with Crippen LogP contribution < -0.4 is 5.73 Å². The Hall–Kier alpha value is -1.64. The number of hydrogen-bond donors (Lipinski definition) is 1. The molecule has 2 heteroatoms. The van der Waals surface area contributed by atoms with Crippen LogP contribution in [0.5, 0.6) is 0 Å². The van der Waals surface area contributed by atoms with Gasteiger partial charge in [0.05, 0.1) is 0 Å². The van der Waals surface area contributed by atoms with Crippen LogP contribution in [0.1, 0.15) is 22.7 Å². The highest BCUT2D eigenvalue weighted by Crippen LogP contribution is 2.20. The van der Waals surface area contributed by atoms with Gasteiger partial charge in [-0.05, 0) is 25.1 Å². The van der Waals surface area contributed by atoms with Crippen LogP contribution in [0.25, 0.3) is 0 Å². The zero-order valence-corrected chi connectivity index (χ0v) is 11.7. The molecule has 2 rings (SSSR count). The van der Waals surface area contributed by atoms with Gasteiger partial charge in [0.2, 0.25) is 0 Å². The molecule has 0 amide bonds. The van der Waals surface area contributed by atoms with Gasteiger partial charge in [0.1, 0.15) is 0 Å². The van der Waals surface area contributed by atoms with E-state index < -0.39 is 0 Å². The first-order valence-electron chi connectivity index (χ1n) is 6.71. The molecule has 2 N–H and O–H groups in total. The molecule has 0 aliphatic carbocycles. The van der Waals surface area contributed by atoms with Crippen LogP contribution in [0.2, 0.25) is 0 Å². The Morgan fingerprint density at radius 3 is 2.21 bits per heavy atom. The lowest BCUT2D eigenvalue weighted by Crippen LogP contribution is -2.30. The smallest absolute Gasteiger partial charge is 0.0470 e. The van der Waals surface area contributed by atoms with Crippen LogP contribution in [-0.4, -0.2) is 18.5 Å². The lowest BCUT2D eigenvalue weighted by atomic mass is 10.0. The van der Waals surface area contributed by atoms with Crippen molar-refractivity contribution in [1.29, 1.82) is 0 Å². The number of aryl methyl sites for hydroxylation is 1. The predicted molar refractivity (Wildman–Crippen MR) is 80.9 cm³/mol. The van der Waals surface area contributed by atoms with Crippen LogP contribution >= 0.6 is 0 Å². The molecule has 1 unspecified atom stereocenters. The van der Waals surface area contributed by atoms with Crippen molar-refractivity contribution >= 4 is 0 Å². The van der Waals surface area contributed by atoms with Gasteiger partial charge in [-0.25, -0.2) is 0 Å². The van der Waals surface area contributed by atoms with E-state index in [1.54, 1.807) is 0 Å². The van der Waals surface area contributed by atoms with Crippen molar-refractivity contribution in [3.05, 3.63) is 71.3 Å². The van der Waals surface area contributed by atoms with E-state index in [1.165, 1.54) is 16.7 Å². The van der Waals surface area contributed by atoms with E-state index in [0.717, 1.165) is 6.54 Å². The average molecular weight is 254 g/mol. The first-order chi connectivity index (χ1) is 9.20. The maximum Gasteiger partial charge on any atom is 0.0470 e. The van der Waals surface area contributed by atoms with Crippen LogP contribution in [0.3, 0.4) is 0 Å². The van der Waals surface area contributed by atoms with Gasteiger partial charge in [0, 0.05) is 19.1 Å². The molecule has 0 aromatic heterocycles. The van der Waals surface area contributed by atoms with Crippen LogP contribution in [0.15, 0.2) is 54.6 Å². The largest absolute Gasteiger partial charge is 0.329 e. The van der Waals surface area contributed by atoms with Crippen LogP contribution in [0.4, 0.5) is 0 Å². The van der Waals surface area contributed by atoms with Gasteiger partial charge in [0.15, 0.2) is 0 Å². The Labute approximate surface area is 115 Å². The number of likely N-dealkylation sites (N-methyl/N-ethyl adjacent to an activating group) is 1. The molecular weight excluding hydrogens is 232 g/mol. The van der Waals surface area contributed by atoms with Gasteiger partial charge in [0.25, 0.3) is 0 Å². The Morgan fingerprint density at radius 2 is 1.63 bits per heavy atom. The van der Waals surface area contributed by atoms with Crippen LogP contribution in [-0.2, 0) is 6.54 Å². The number of benzene rings is 2. The Kier molecular flexibility index (Phi) is 4.72. The summed E-state index contributed by atoms with van der Waals surface area (Å²) in [5.74, 6) is 0. The molecule has 0 bridgehead atoms. The SMILES string of the molecule is Cc1ccc(C(CN)N(C)Cc2ccccc2)cc1. The molecule has 2 nitrogen and oxygen atoms in total. The summed E-state index contributed by atoms with van der Waals surface area (Å²) >= 11 is 0. The molecule has 0 fully saturated rings. The number of rotatable bonds is 5. The minimum absolute atomic E-state index is 0.265. The molecule has 0 saturated carbocycles. The normalized spacial score (nSPS) is 12.6. The van der Waals surface area contributed by atoms with Crippen molar-refractivity contribution in [2.75, 3.05) is 13.6 Å². The van der Waals surface area contributed by atoms with E-state index >= 15 is 0 Å². The third-order valence-corrected chi connectivity index (χ3v) is 3.49. The molecule has 0 aliphatic rings. The topological polar surface area (TPSA) is 29.3 Å². The number of nitrogens with zero attached hydrogens (tertiary/aromatic N) is 1. The van der Waals surface area contributed by atoms with Crippen molar-refractivity contribution in [3.63, 3.8) is 0 Å². The standard InChI is InChI=1S/C17H22N2/c1-14-8-10-16(11-9-14)17(12-18)19(2)13-15-6-4-3-5-7-15/h3-11,17H,12-13,18H2,1-2H3. The number of nitrogens with two attached hydrogens (primary N) is 1. The van der Waals surface area contributed by atoms with E-state index in [9.17, 15) is 0 Å². The minimum atomic E-state index is 0.265. The molecule has 100 valence electrons. The monoisotopic (exact) mass is 254 g/mol. The van der Waals surface area contributed by atoms with Gasteiger partial charge >= 0.3 is 0 Å². The first kappa shape index (κ1) is 13.8. The summed E-state index contributed by atoms with van der Waals surface area (Å²) in [4.78, 5) is 2.31. The lowest BCUT2D eigenvalue weighted by molar-refractivity contribution is 0.242. The molecule has 0 radical (unpaired) electrons. The highest BCUT2D eigenvalue weighted by molar-refractivity contribution is 5.25. The molecule has 1 atom stereocenters. The maximum atomic E-state index is 5.96. The quantitative estimate of drug-likeness (QED) is 0.888. The van der Waals surface area contributed by atoms with E-state index in [1.807, 2.05) is 6.07 Å². The minimum Gasteiger partial charge on any atom is -0.329 e. The highest BCUT2D eigenvalue weighted by Gasteiger charge is 2.15. The summed E-state index contributed by atoms with van der Waals surface area (Å²) in [5, 5.41) is 0. The van der Waals surface area contributed by atoms with E-state index in [2.05, 4.69) is 67.4 Å². The maximum absolute atomic E-state index is 5.96. The lowest BCUT2D eigenvalue weighted by Gasteiger charge is -2.27. The fourth-order valence-electron chi connectivity index (χ4n) is 2.34. The summed E-state index contributed by atoms with van der Waals surface area (Å²) in [7, 11) is 2.13. The average Bonchev–Trinajstić information content (AvgIpc) is 2.43. The Balaban J connectivity index is 2.11. The predicted octanol–water partition coefficient (Wildman–Crippen LogP) is 3.13. The highest BCUT2D eigenvalue weighted by atomic mass is 15.1. The summed E-state index contributed by atoms with van der Waals surface area (Å²) in [6.07, 6.45) is 0. The third kappa shape index (κ3) is 3.66. The van der Waals surface area contributed by atoms with Crippen molar-refractivity contribution in [2.45, 2.75) is 19.5 Å². The third-order valence-electron chi connectivity index (χ3n) is 3.49. The Bertz CT molecular complexity index is 490. The van der Waals surface area contributed by atoms with Crippen LogP contribution in [0, 0.1) is 6.92 Å². The van der Waals surface area contributed by atoms with Gasteiger partial charge in [-0.15, -0.1) is 0 Å². The fraction of sp³-hybridized carbons (Fsp3) is 0.294. The summed E-state index contributed by atoms with van der Waals surface area (Å²) in [5.41, 5.74) is 9.84. The van der Waals surface area contributed by atoms with Gasteiger partial charge in [-0.1, -0.05) is 60.2 Å². The molecule has 0 heterocycles. The van der Waals surface area contributed by atoms with E-state index in [4.69, 9.17) is 5.73 Å². The molecule has 0 saturated heterocycles. The summed E-state index contributed by atoms with van der Waals surface area (Å²) in [6, 6.07) is 19.4. The zero-order valence-electron chi connectivity index (χ0n) is 11.7. The van der Waals surface area contributed by atoms with Gasteiger partial charge < -0.3 is 5.73 Å². The van der Waals surface area contributed by atoms with Crippen molar-refractivity contribution in [1.82, 2.24) is 4.90 Å². The summed E-state index contributed by atoms with van der Waals surface area (Å²) in [6.45, 7) is 3.65. The summed E-state index contributed by atoms with van der Waals surface area (Å²) < 4.78 is 0. The van der Waals surface area contributed by atoms with Crippen molar-refractivity contribution < 1.29 is 0 Å². The second-order valence-corrected chi connectivity index (χ2v) is 5.06. The second kappa shape index (κ2) is 6.50. The fourth-order valence-corrected chi connectivity index (χ4v) is 2.34. The first-order valence-corrected chi connectivity index (χ1v) is 6.71. The van der Waals surface area contributed by atoms with Gasteiger partial charge in [-0.2, -0.15) is 0 Å². The molecule has 2 aromatic carbocycles. The van der Waals surface area contributed by atoms with Crippen molar-refractivity contribution in [3.8, 4) is 0 Å². The molecule has 0 spiro atoms.